The molecule has 1 aromatic heterocycles. The van der Waals surface area contributed by atoms with Crippen LogP contribution in [0.2, 0.25) is 0 Å². The summed E-state index contributed by atoms with van der Waals surface area (Å²) >= 11 is 0. The van der Waals surface area contributed by atoms with E-state index in [-0.39, 0.29) is 23.4 Å². The zero-order valence-corrected chi connectivity index (χ0v) is 18.8. The molecule has 2 heterocycles. The van der Waals surface area contributed by atoms with Crippen molar-refractivity contribution in [3.05, 3.63) is 29.5 Å². The Labute approximate surface area is 186 Å². The van der Waals surface area contributed by atoms with Gasteiger partial charge in [0, 0.05) is 54.3 Å². The van der Waals surface area contributed by atoms with Gasteiger partial charge in [-0.1, -0.05) is 0 Å². The molecular formula is C23H32F3N5O. The summed E-state index contributed by atoms with van der Waals surface area (Å²) in [6.07, 6.45) is 0.951. The molecule has 1 aliphatic heterocycles. The van der Waals surface area contributed by atoms with Crippen LogP contribution in [0.4, 0.5) is 19.0 Å². The maximum absolute atomic E-state index is 13.2. The van der Waals surface area contributed by atoms with Crippen LogP contribution < -0.4 is 11.5 Å². The normalized spacial score (nSPS) is 31.8. The third-order valence-electron chi connectivity index (χ3n) is 6.82. The first-order chi connectivity index (χ1) is 15.0. The number of morpholine rings is 1. The topological polar surface area (TPSA) is 89.8 Å². The van der Waals surface area contributed by atoms with Gasteiger partial charge in [-0.3, -0.25) is 9.89 Å². The van der Waals surface area contributed by atoms with E-state index in [0.717, 1.165) is 44.3 Å². The lowest BCUT2D eigenvalue weighted by molar-refractivity contribution is -0.137. The summed E-state index contributed by atoms with van der Waals surface area (Å²) < 4.78 is 45.3. The summed E-state index contributed by atoms with van der Waals surface area (Å²) in [5.41, 5.74) is 12.0. The SMILES string of the molecule is CC(C)N=C(C=C(N)c1cnc(N)c(C(F)(F)F)c1)C1[C@H]2CC(N3CCO[C@@H](C)C3)C[C@@H]12. The molecule has 0 radical (unpaired) electrons. The van der Waals surface area contributed by atoms with Gasteiger partial charge in [-0.2, -0.15) is 13.2 Å². The number of ether oxygens (including phenoxy) is 1. The second-order valence-corrected chi connectivity index (χ2v) is 9.56. The summed E-state index contributed by atoms with van der Waals surface area (Å²) in [4.78, 5) is 11.0. The van der Waals surface area contributed by atoms with Crippen LogP contribution in [0.15, 0.2) is 23.3 Å². The number of pyridine rings is 1. The number of halogens is 3. The first kappa shape index (κ1) is 23.0. The van der Waals surface area contributed by atoms with Gasteiger partial charge in [-0.25, -0.2) is 4.98 Å². The maximum Gasteiger partial charge on any atom is 0.419 e. The number of hydrogen-bond acceptors (Lipinski definition) is 6. The van der Waals surface area contributed by atoms with Crippen LogP contribution in [0, 0.1) is 17.8 Å². The van der Waals surface area contributed by atoms with Gasteiger partial charge in [0.25, 0.3) is 0 Å². The maximum atomic E-state index is 13.2. The van der Waals surface area contributed by atoms with Gasteiger partial charge in [0.1, 0.15) is 5.82 Å². The number of alkyl halides is 3. The van der Waals surface area contributed by atoms with Crippen molar-refractivity contribution in [3.63, 3.8) is 0 Å². The number of allylic oxidation sites excluding steroid dienone is 1. The first-order valence-electron chi connectivity index (χ1n) is 11.3. The van der Waals surface area contributed by atoms with E-state index in [2.05, 4.69) is 16.8 Å². The lowest BCUT2D eigenvalue weighted by Gasteiger charge is -2.36. The highest BCUT2D eigenvalue weighted by atomic mass is 19.4. The number of nitrogens with zero attached hydrogens (tertiary/aromatic N) is 3. The van der Waals surface area contributed by atoms with Crippen LogP contribution in [0.1, 0.15) is 44.7 Å². The van der Waals surface area contributed by atoms with Crippen molar-refractivity contribution in [2.24, 2.45) is 28.5 Å². The standard InChI is InChI=1S/C23H32F3N5O/c1-12(2)30-20(9-19(27)14-6-18(23(24,25)26)22(28)29-10-14)21-16-7-15(8-17(16)21)31-4-5-32-13(3)11-31/h6,9-10,12-13,15-17,21H,4-5,7-8,11,27H2,1-3H3,(H2,28,29)/t13-,15?,16-,17+,21?/m0/s1. The van der Waals surface area contributed by atoms with Crippen LogP contribution in [-0.2, 0) is 10.9 Å². The molecule has 6 nitrogen and oxygen atoms in total. The van der Waals surface area contributed by atoms with Crippen molar-refractivity contribution < 1.29 is 17.9 Å². The molecule has 3 aliphatic rings. The second-order valence-electron chi connectivity index (χ2n) is 9.56. The number of nitrogen functional groups attached to an aromatic ring is 1. The molecule has 2 saturated carbocycles. The van der Waals surface area contributed by atoms with Crippen molar-refractivity contribution in [1.82, 2.24) is 9.88 Å². The van der Waals surface area contributed by atoms with E-state index in [0.29, 0.717) is 23.8 Å². The van der Waals surface area contributed by atoms with Gasteiger partial charge in [0.15, 0.2) is 0 Å². The molecule has 4 N–H and O–H groups in total. The van der Waals surface area contributed by atoms with E-state index < -0.39 is 17.6 Å². The smallest absolute Gasteiger partial charge is 0.398 e. The minimum absolute atomic E-state index is 0.0709. The highest BCUT2D eigenvalue weighted by Crippen LogP contribution is 2.59. The first-order valence-corrected chi connectivity index (χ1v) is 11.3. The summed E-state index contributed by atoms with van der Waals surface area (Å²) in [6, 6.07) is 1.61. The number of rotatable bonds is 5. The van der Waals surface area contributed by atoms with Crippen LogP contribution in [0.5, 0.6) is 0 Å². The van der Waals surface area contributed by atoms with E-state index in [1.54, 1.807) is 6.08 Å². The molecule has 0 bridgehead atoms. The number of hydrogen-bond donors (Lipinski definition) is 2. The quantitative estimate of drug-likeness (QED) is 0.668. The zero-order valence-electron chi connectivity index (χ0n) is 18.8. The molecule has 32 heavy (non-hydrogen) atoms. The Morgan fingerprint density at radius 2 is 2.00 bits per heavy atom. The lowest BCUT2D eigenvalue weighted by Crippen LogP contribution is -2.46. The molecule has 1 aromatic rings. The highest BCUT2D eigenvalue weighted by molar-refractivity contribution is 6.04. The zero-order chi connectivity index (χ0) is 23.2. The number of aliphatic imine (C=N–C) groups is 1. The average Bonchev–Trinajstić information content (AvgIpc) is 3.19. The van der Waals surface area contributed by atoms with E-state index >= 15 is 0 Å². The Bertz CT molecular complexity index is 901. The molecule has 0 amide bonds. The van der Waals surface area contributed by atoms with Gasteiger partial charge in [0.05, 0.1) is 18.3 Å². The number of fused-ring (bicyclic) bond motifs is 1. The summed E-state index contributed by atoms with van der Waals surface area (Å²) in [7, 11) is 0. The molecule has 0 spiro atoms. The van der Waals surface area contributed by atoms with Gasteiger partial charge in [-0.15, -0.1) is 0 Å². The fraction of sp³-hybridized carbons (Fsp3) is 0.652. The molecule has 4 rings (SSSR count). The molecule has 9 heteroatoms. The van der Waals surface area contributed by atoms with Crippen LogP contribution in [-0.4, -0.2) is 53.5 Å². The van der Waals surface area contributed by atoms with Crippen LogP contribution in [0.3, 0.4) is 0 Å². The fourth-order valence-corrected chi connectivity index (χ4v) is 5.35. The van der Waals surface area contributed by atoms with Crippen LogP contribution in [0.25, 0.3) is 5.70 Å². The molecule has 3 fully saturated rings. The Kier molecular flexibility index (Phi) is 6.24. The van der Waals surface area contributed by atoms with Crippen molar-refractivity contribution in [3.8, 4) is 0 Å². The van der Waals surface area contributed by atoms with Gasteiger partial charge < -0.3 is 16.2 Å². The Hall–Kier alpha value is -2.13. The lowest BCUT2D eigenvalue weighted by atomic mass is 9.99. The number of nitrogens with two attached hydrogens (primary N) is 2. The van der Waals surface area contributed by atoms with Crippen LogP contribution >= 0.6 is 0 Å². The summed E-state index contributed by atoms with van der Waals surface area (Å²) in [5.74, 6) is 0.866. The van der Waals surface area contributed by atoms with E-state index in [4.69, 9.17) is 21.2 Å². The molecule has 5 atom stereocenters. The van der Waals surface area contributed by atoms with Crippen molar-refractivity contribution >= 4 is 17.2 Å². The van der Waals surface area contributed by atoms with Gasteiger partial charge >= 0.3 is 6.18 Å². The minimum atomic E-state index is -4.58. The van der Waals surface area contributed by atoms with Crippen molar-refractivity contribution in [1.29, 1.82) is 0 Å². The van der Waals surface area contributed by atoms with Gasteiger partial charge in [0.2, 0.25) is 0 Å². The predicted octanol–water partition coefficient (Wildman–Crippen LogP) is 3.58. The third-order valence-corrected chi connectivity index (χ3v) is 6.82. The molecule has 2 unspecified atom stereocenters. The largest absolute Gasteiger partial charge is 0.419 e. The van der Waals surface area contributed by atoms with E-state index in [9.17, 15) is 13.2 Å². The Morgan fingerprint density at radius 3 is 2.59 bits per heavy atom. The second kappa shape index (κ2) is 8.67. The highest BCUT2D eigenvalue weighted by Gasteiger charge is 2.58. The number of anilines is 1. The monoisotopic (exact) mass is 451 g/mol. The minimum Gasteiger partial charge on any atom is -0.398 e. The molecule has 1 saturated heterocycles. The summed E-state index contributed by atoms with van der Waals surface area (Å²) in [5, 5.41) is 0. The fourth-order valence-electron chi connectivity index (χ4n) is 5.35. The average molecular weight is 452 g/mol. The third kappa shape index (κ3) is 4.78. The predicted molar refractivity (Wildman–Crippen MR) is 119 cm³/mol. The number of aromatic nitrogens is 1. The van der Waals surface area contributed by atoms with E-state index in [1.165, 1.54) is 6.20 Å². The molecule has 176 valence electrons. The van der Waals surface area contributed by atoms with Crippen molar-refractivity contribution in [2.75, 3.05) is 25.4 Å². The molecule has 2 aliphatic carbocycles. The molecular weight excluding hydrogens is 419 g/mol. The molecule has 0 aromatic carbocycles. The van der Waals surface area contributed by atoms with E-state index in [1.807, 2.05) is 13.8 Å². The van der Waals surface area contributed by atoms with Crippen molar-refractivity contribution in [2.45, 2.75) is 58.0 Å². The Balaban J connectivity index is 1.50. The Morgan fingerprint density at radius 1 is 1.31 bits per heavy atom. The summed E-state index contributed by atoms with van der Waals surface area (Å²) in [6.45, 7) is 8.83. The van der Waals surface area contributed by atoms with Gasteiger partial charge in [-0.05, 0) is 57.6 Å².